The lowest BCUT2D eigenvalue weighted by atomic mass is 10.1. The van der Waals surface area contributed by atoms with Gasteiger partial charge in [-0.2, -0.15) is 4.31 Å². The SMILES string of the molecule is O=S(=O)(Cc1ccccc1)N1CCCCC1c1nccs1. The van der Waals surface area contributed by atoms with Crippen LogP contribution in [0.3, 0.4) is 0 Å². The van der Waals surface area contributed by atoms with Crippen LogP contribution in [0.1, 0.15) is 35.9 Å². The number of sulfonamides is 1. The Morgan fingerprint density at radius 3 is 2.76 bits per heavy atom. The Morgan fingerprint density at radius 1 is 1.24 bits per heavy atom. The van der Waals surface area contributed by atoms with E-state index in [4.69, 9.17) is 0 Å². The first kappa shape index (κ1) is 14.7. The Balaban J connectivity index is 1.85. The van der Waals surface area contributed by atoms with Crippen molar-refractivity contribution >= 4 is 21.4 Å². The number of nitrogens with zero attached hydrogens (tertiary/aromatic N) is 2. The Bertz CT molecular complexity index is 669. The highest BCUT2D eigenvalue weighted by atomic mass is 32.2. The van der Waals surface area contributed by atoms with Crippen LogP contribution in [0, 0.1) is 0 Å². The van der Waals surface area contributed by atoms with Gasteiger partial charge in [-0.25, -0.2) is 13.4 Å². The quantitative estimate of drug-likeness (QED) is 0.868. The minimum absolute atomic E-state index is 0.0652. The van der Waals surface area contributed by atoms with Crippen LogP contribution in [0.15, 0.2) is 41.9 Å². The Morgan fingerprint density at radius 2 is 2.05 bits per heavy atom. The van der Waals surface area contributed by atoms with Crippen LogP contribution >= 0.6 is 11.3 Å². The third-order valence-corrected chi connectivity index (χ3v) is 6.47. The highest BCUT2D eigenvalue weighted by molar-refractivity contribution is 7.88. The largest absolute Gasteiger partial charge is 0.248 e. The molecule has 1 fully saturated rings. The number of piperidine rings is 1. The maximum atomic E-state index is 12.8. The van der Waals surface area contributed by atoms with Crippen LogP contribution in [0.4, 0.5) is 0 Å². The van der Waals surface area contributed by atoms with E-state index in [1.54, 1.807) is 10.5 Å². The minimum Gasteiger partial charge on any atom is -0.248 e. The second-order valence-electron chi connectivity index (χ2n) is 5.23. The van der Waals surface area contributed by atoms with E-state index in [0.29, 0.717) is 6.54 Å². The minimum atomic E-state index is -3.31. The van der Waals surface area contributed by atoms with E-state index in [9.17, 15) is 8.42 Å². The van der Waals surface area contributed by atoms with Gasteiger partial charge in [-0.05, 0) is 18.4 Å². The summed E-state index contributed by atoms with van der Waals surface area (Å²) in [7, 11) is -3.31. The van der Waals surface area contributed by atoms with E-state index < -0.39 is 10.0 Å². The second kappa shape index (κ2) is 6.25. The molecule has 1 atom stereocenters. The van der Waals surface area contributed by atoms with Gasteiger partial charge in [0, 0.05) is 18.1 Å². The van der Waals surface area contributed by atoms with E-state index in [1.807, 2.05) is 35.7 Å². The van der Waals surface area contributed by atoms with Gasteiger partial charge >= 0.3 is 0 Å². The monoisotopic (exact) mass is 322 g/mol. The Labute approximate surface area is 129 Å². The van der Waals surface area contributed by atoms with E-state index in [-0.39, 0.29) is 11.8 Å². The molecule has 0 amide bonds. The molecule has 1 aromatic heterocycles. The molecule has 6 heteroatoms. The molecular formula is C15H18N2O2S2. The maximum absolute atomic E-state index is 12.8. The van der Waals surface area contributed by atoms with Crippen molar-refractivity contribution in [3.8, 4) is 0 Å². The summed E-state index contributed by atoms with van der Waals surface area (Å²) in [6.45, 7) is 0.597. The van der Waals surface area contributed by atoms with Crippen molar-refractivity contribution in [2.45, 2.75) is 31.1 Å². The molecule has 0 radical (unpaired) electrons. The lowest BCUT2D eigenvalue weighted by molar-refractivity contribution is 0.255. The Hall–Kier alpha value is -1.24. The summed E-state index contributed by atoms with van der Waals surface area (Å²) in [5.41, 5.74) is 0.834. The van der Waals surface area contributed by atoms with Crippen LogP contribution < -0.4 is 0 Å². The Kier molecular flexibility index (Phi) is 4.37. The predicted molar refractivity (Wildman–Crippen MR) is 84.5 cm³/mol. The standard InChI is InChI=1S/C15H18N2O2S2/c18-21(19,12-13-6-2-1-3-7-13)17-10-5-4-8-14(17)15-16-9-11-20-15/h1-3,6-7,9,11,14H,4-5,8,10,12H2. The maximum Gasteiger partial charge on any atom is 0.218 e. The highest BCUT2D eigenvalue weighted by Gasteiger charge is 2.34. The lowest BCUT2D eigenvalue weighted by Crippen LogP contribution is -2.39. The lowest BCUT2D eigenvalue weighted by Gasteiger charge is -2.33. The first-order valence-corrected chi connectivity index (χ1v) is 9.58. The van der Waals surface area contributed by atoms with Gasteiger partial charge in [0.05, 0.1) is 11.8 Å². The summed E-state index contributed by atoms with van der Waals surface area (Å²) in [6.07, 6.45) is 4.59. The van der Waals surface area contributed by atoms with E-state index in [2.05, 4.69) is 4.98 Å². The molecule has 0 spiro atoms. The summed E-state index contributed by atoms with van der Waals surface area (Å²) < 4.78 is 27.2. The first-order chi connectivity index (χ1) is 10.2. The van der Waals surface area contributed by atoms with Crippen molar-refractivity contribution < 1.29 is 8.42 Å². The third-order valence-electron chi connectivity index (χ3n) is 3.74. The van der Waals surface area contributed by atoms with Gasteiger partial charge in [0.1, 0.15) is 5.01 Å². The van der Waals surface area contributed by atoms with Crippen molar-refractivity contribution in [1.82, 2.24) is 9.29 Å². The van der Waals surface area contributed by atoms with Gasteiger partial charge < -0.3 is 0 Å². The van der Waals surface area contributed by atoms with Crippen molar-refractivity contribution in [2.75, 3.05) is 6.54 Å². The molecule has 2 heterocycles. The zero-order chi connectivity index (χ0) is 14.7. The van der Waals surface area contributed by atoms with Gasteiger partial charge in [-0.15, -0.1) is 11.3 Å². The van der Waals surface area contributed by atoms with Crippen molar-refractivity contribution in [1.29, 1.82) is 0 Å². The topological polar surface area (TPSA) is 50.3 Å². The highest BCUT2D eigenvalue weighted by Crippen LogP contribution is 2.34. The van der Waals surface area contributed by atoms with Gasteiger partial charge in [0.15, 0.2) is 0 Å². The van der Waals surface area contributed by atoms with Crippen LogP contribution in [-0.2, 0) is 15.8 Å². The average molecular weight is 322 g/mol. The average Bonchev–Trinajstić information content (AvgIpc) is 3.02. The van der Waals surface area contributed by atoms with Gasteiger partial charge in [-0.3, -0.25) is 0 Å². The van der Waals surface area contributed by atoms with Gasteiger partial charge in [0.2, 0.25) is 10.0 Å². The number of thiazole rings is 1. The zero-order valence-electron chi connectivity index (χ0n) is 11.7. The van der Waals surface area contributed by atoms with Crippen LogP contribution in [0.25, 0.3) is 0 Å². The van der Waals surface area contributed by atoms with Gasteiger partial charge in [-0.1, -0.05) is 36.8 Å². The fourth-order valence-corrected chi connectivity index (χ4v) is 5.38. The smallest absolute Gasteiger partial charge is 0.218 e. The molecule has 0 N–H and O–H groups in total. The molecule has 1 unspecified atom stereocenters. The zero-order valence-corrected chi connectivity index (χ0v) is 13.3. The number of hydrogen-bond acceptors (Lipinski definition) is 4. The van der Waals surface area contributed by atoms with Gasteiger partial charge in [0.25, 0.3) is 0 Å². The summed E-state index contributed by atoms with van der Waals surface area (Å²) >= 11 is 1.54. The van der Waals surface area contributed by atoms with Crippen molar-refractivity contribution in [3.63, 3.8) is 0 Å². The molecule has 1 saturated heterocycles. The molecule has 21 heavy (non-hydrogen) atoms. The molecule has 0 bridgehead atoms. The molecule has 0 saturated carbocycles. The molecule has 2 aromatic rings. The van der Waals surface area contributed by atoms with E-state index in [0.717, 1.165) is 29.8 Å². The van der Waals surface area contributed by atoms with E-state index >= 15 is 0 Å². The molecule has 4 nitrogen and oxygen atoms in total. The second-order valence-corrected chi connectivity index (χ2v) is 8.08. The third kappa shape index (κ3) is 3.33. The summed E-state index contributed by atoms with van der Waals surface area (Å²) in [5.74, 6) is 0.0652. The van der Waals surface area contributed by atoms with Crippen LogP contribution in [0.2, 0.25) is 0 Å². The molecule has 1 aliphatic rings. The molecular weight excluding hydrogens is 304 g/mol. The summed E-state index contributed by atoms with van der Waals surface area (Å²) in [5, 5.41) is 2.82. The fourth-order valence-electron chi connectivity index (χ4n) is 2.75. The molecule has 1 aliphatic heterocycles. The number of rotatable bonds is 4. The van der Waals surface area contributed by atoms with Crippen LogP contribution in [0.5, 0.6) is 0 Å². The fraction of sp³-hybridized carbons (Fsp3) is 0.400. The van der Waals surface area contributed by atoms with Crippen molar-refractivity contribution in [2.24, 2.45) is 0 Å². The number of aromatic nitrogens is 1. The van der Waals surface area contributed by atoms with Crippen LogP contribution in [-0.4, -0.2) is 24.3 Å². The first-order valence-electron chi connectivity index (χ1n) is 7.10. The number of hydrogen-bond donors (Lipinski definition) is 0. The predicted octanol–water partition coefficient (Wildman–Crippen LogP) is 3.20. The summed E-state index contributed by atoms with van der Waals surface area (Å²) in [6, 6.07) is 9.28. The molecule has 1 aromatic carbocycles. The summed E-state index contributed by atoms with van der Waals surface area (Å²) in [4.78, 5) is 4.32. The molecule has 112 valence electrons. The normalized spacial score (nSPS) is 20.5. The van der Waals surface area contributed by atoms with Crippen molar-refractivity contribution in [3.05, 3.63) is 52.5 Å². The number of benzene rings is 1. The van der Waals surface area contributed by atoms with E-state index in [1.165, 1.54) is 11.3 Å². The molecule has 0 aliphatic carbocycles. The molecule has 3 rings (SSSR count).